The third kappa shape index (κ3) is 3.06. The predicted molar refractivity (Wildman–Crippen MR) is 96.8 cm³/mol. The van der Waals surface area contributed by atoms with E-state index in [2.05, 4.69) is 14.8 Å². The van der Waals surface area contributed by atoms with Crippen LogP contribution in [-0.4, -0.2) is 48.6 Å². The SMILES string of the molecule is COc1ccccc1CC(=O)N1CCC2CN(c3ccccn3)CC21. The summed E-state index contributed by atoms with van der Waals surface area (Å²) in [6.07, 6.45) is 3.30. The smallest absolute Gasteiger partial charge is 0.227 e. The molecule has 0 saturated carbocycles. The van der Waals surface area contributed by atoms with Crippen LogP contribution in [0.4, 0.5) is 5.82 Å². The summed E-state index contributed by atoms with van der Waals surface area (Å²) >= 11 is 0. The number of benzene rings is 1. The molecule has 3 heterocycles. The van der Waals surface area contributed by atoms with Gasteiger partial charge in [0.25, 0.3) is 0 Å². The van der Waals surface area contributed by atoms with Gasteiger partial charge in [0.05, 0.1) is 19.6 Å². The van der Waals surface area contributed by atoms with Gasteiger partial charge in [-0.1, -0.05) is 24.3 Å². The number of methoxy groups -OCH3 is 1. The van der Waals surface area contributed by atoms with Crippen LogP contribution in [0.1, 0.15) is 12.0 Å². The number of hydrogen-bond donors (Lipinski definition) is 0. The minimum absolute atomic E-state index is 0.194. The fourth-order valence-corrected chi connectivity index (χ4v) is 4.11. The Labute approximate surface area is 148 Å². The van der Waals surface area contributed by atoms with Crippen molar-refractivity contribution in [3.63, 3.8) is 0 Å². The van der Waals surface area contributed by atoms with Crippen molar-refractivity contribution in [1.82, 2.24) is 9.88 Å². The van der Waals surface area contributed by atoms with Gasteiger partial charge < -0.3 is 14.5 Å². The zero-order valence-electron chi connectivity index (χ0n) is 14.5. The van der Waals surface area contributed by atoms with Gasteiger partial charge in [0.1, 0.15) is 11.6 Å². The fraction of sp³-hybridized carbons (Fsp3) is 0.400. The number of carbonyl (C=O) groups excluding carboxylic acids is 1. The fourth-order valence-electron chi connectivity index (χ4n) is 4.11. The lowest BCUT2D eigenvalue weighted by Crippen LogP contribution is -2.40. The number of para-hydroxylation sites is 1. The summed E-state index contributed by atoms with van der Waals surface area (Å²) < 4.78 is 5.38. The number of anilines is 1. The van der Waals surface area contributed by atoms with Crippen molar-refractivity contribution in [2.24, 2.45) is 5.92 Å². The number of amides is 1. The van der Waals surface area contributed by atoms with Crippen LogP contribution in [-0.2, 0) is 11.2 Å². The number of aromatic nitrogens is 1. The number of pyridine rings is 1. The molecular formula is C20H23N3O2. The summed E-state index contributed by atoms with van der Waals surface area (Å²) in [5.74, 6) is 2.53. The molecule has 0 radical (unpaired) electrons. The second kappa shape index (κ2) is 6.75. The lowest BCUT2D eigenvalue weighted by molar-refractivity contribution is -0.131. The Kier molecular flexibility index (Phi) is 4.30. The van der Waals surface area contributed by atoms with Crippen LogP contribution in [0, 0.1) is 5.92 Å². The maximum absolute atomic E-state index is 12.9. The zero-order chi connectivity index (χ0) is 17.2. The molecule has 5 nitrogen and oxygen atoms in total. The number of likely N-dealkylation sites (tertiary alicyclic amines) is 1. The molecule has 0 spiro atoms. The standard InChI is InChI=1S/C20H23N3O2/c1-25-18-7-3-2-6-15(18)12-20(24)23-11-9-16-13-22(14-17(16)23)19-8-4-5-10-21-19/h2-8,10,16-17H,9,11-14H2,1H3. The first-order valence-electron chi connectivity index (χ1n) is 8.83. The van der Waals surface area contributed by atoms with Crippen LogP contribution in [0.3, 0.4) is 0 Å². The topological polar surface area (TPSA) is 45.7 Å². The van der Waals surface area contributed by atoms with Gasteiger partial charge in [0, 0.05) is 37.3 Å². The van der Waals surface area contributed by atoms with E-state index in [9.17, 15) is 4.79 Å². The summed E-state index contributed by atoms with van der Waals surface area (Å²) in [6.45, 7) is 2.72. The molecule has 130 valence electrons. The van der Waals surface area contributed by atoms with E-state index in [0.717, 1.165) is 43.2 Å². The predicted octanol–water partition coefficient (Wildman–Crippen LogP) is 2.37. The van der Waals surface area contributed by atoms with E-state index in [1.807, 2.05) is 48.7 Å². The summed E-state index contributed by atoms with van der Waals surface area (Å²) in [6, 6.07) is 14.1. The van der Waals surface area contributed by atoms with Crippen molar-refractivity contribution in [1.29, 1.82) is 0 Å². The maximum atomic E-state index is 12.9. The van der Waals surface area contributed by atoms with E-state index in [1.54, 1.807) is 7.11 Å². The Morgan fingerprint density at radius 3 is 2.84 bits per heavy atom. The quantitative estimate of drug-likeness (QED) is 0.859. The van der Waals surface area contributed by atoms with Crippen molar-refractivity contribution in [3.05, 3.63) is 54.2 Å². The third-order valence-corrected chi connectivity index (χ3v) is 5.38. The molecule has 0 aliphatic carbocycles. The normalized spacial score (nSPS) is 22.1. The lowest BCUT2D eigenvalue weighted by atomic mass is 10.0. The Balaban J connectivity index is 1.46. The Hall–Kier alpha value is -2.56. The van der Waals surface area contributed by atoms with Crippen molar-refractivity contribution in [2.45, 2.75) is 18.9 Å². The minimum atomic E-state index is 0.194. The highest BCUT2D eigenvalue weighted by molar-refractivity contribution is 5.80. The van der Waals surface area contributed by atoms with Crippen LogP contribution in [0.15, 0.2) is 48.7 Å². The van der Waals surface area contributed by atoms with Crippen LogP contribution < -0.4 is 9.64 Å². The number of carbonyl (C=O) groups is 1. The first-order valence-corrected chi connectivity index (χ1v) is 8.83. The molecule has 1 amide bonds. The minimum Gasteiger partial charge on any atom is -0.496 e. The Morgan fingerprint density at radius 2 is 2.04 bits per heavy atom. The zero-order valence-corrected chi connectivity index (χ0v) is 14.5. The molecule has 25 heavy (non-hydrogen) atoms. The maximum Gasteiger partial charge on any atom is 0.227 e. The van der Waals surface area contributed by atoms with Crippen molar-refractivity contribution in [3.8, 4) is 5.75 Å². The van der Waals surface area contributed by atoms with E-state index in [4.69, 9.17) is 4.74 Å². The van der Waals surface area contributed by atoms with Crippen LogP contribution in [0.25, 0.3) is 0 Å². The number of hydrogen-bond acceptors (Lipinski definition) is 4. The number of rotatable bonds is 4. The molecule has 2 atom stereocenters. The Morgan fingerprint density at radius 1 is 1.20 bits per heavy atom. The molecule has 2 unspecified atom stereocenters. The average molecular weight is 337 g/mol. The van der Waals surface area contributed by atoms with Gasteiger partial charge >= 0.3 is 0 Å². The number of ether oxygens (including phenoxy) is 1. The molecule has 2 aliphatic heterocycles. The van der Waals surface area contributed by atoms with Gasteiger partial charge in [-0.25, -0.2) is 4.98 Å². The molecular weight excluding hydrogens is 314 g/mol. The molecule has 0 bridgehead atoms. The van der Waals surface area contributed by atoms with Gasteiger partial charge in [-0.3, -0.25) is 4.79 Å². The van der Waals surface area contributed by atoms with Gasteiger partial charge in [0.15, 0.2) is 0 Å². The summed E-state index contributed by atoms with van der Waals surface area (Å²) in [5.41, 5.74) is 0.957. The monoisotopic (exact) mass is 337 g/mol. The Bertz CT molecular complexity index is 750. The average Bonchev–Trinajstić information content (AvgIpc) is 3.23. The van der Waals surface area contributed by atoms with Crippen molar-refractivity contribution in [2.75, 3.05) is 31.6 Å². The van der Waals surface area contributed by atoms with Gasteiger partial charge in [-0.05, 0) is 24.6 Å². The first-order chi connectivity index (χ1) is 12.3. The van der Waals surface area contributed by atoms with E-state index >= 15 is 0 Å². The largest absolute Gasteiger partial charge is 0.496 e. The molecule has 0 N–H and O–H groups in total. The first kappa shape index (κ1) is 15.9. The van der Waals surface area contributed by atoms with Gasteiger partial charge in [0.2, 0.25) is 5.91 Å². The second-order valence-electron chi connectivity index (χ2n) is 6.78. The summed E-state index contributed by atoms with van der Waals surface area (Å²) in [5, 5.41) is 0. The highest BCUT2D eigenvalue weighted by atomic mass is 16.5. The van der Waals surface area contributed by atoms with Crippen molar-refractivity contribution < 1.29 is 9.53 Å². The third-order valence-electron chi connectivity index (χ3n) is 5.38. The lowest BCUT2D eigenvalue weighted by Gasteiger charge is -2.25. The van der Waals surface area contributed by atoms with E-state index in [0.29, 0.717) is 18.4 Å². The summed E-state index contributed by atoms with van der Waals surface area (Å²) in [4.78, 5) is 21.7. The molecule has 4 rings (SSSR count). The van der Waals surface area contributed by atoms with Crippen molar-refractivity contribution >= 4 is 11.7 Å². The molecule has 5 heteroatoms. The molecule has 1 aromatic heterocycles. The van der Waals surface area contributed by atoms with Crippen LogP contribution >= 0.6 is 0 Å². The number of nitrogens with zero attached hydrogens (tertiary/aromatic N) is 3. The van der Waals surface area contributed by atoms with Crippen LogP contribution in [0.5, 0.6) is 5.75 Å². The van der Waals surface area contributed by atoms with E-state index < -0.39 is 0 Å². The molecule has 2 saturated heterocycles. The van der Waals surface area contributed by atoms with E-state index in [-0.39, 0.29) is 5.91 Å². The highest BCUT2D eigenvalue weighted by Gasteiger charge is 2.43. The van der Waals surface area contributed by atoms with E-state index in [1.165, 1.54) is 0 Å². The highest BCUT2D eigenvalue weighted by Crippen LogP contribution is 2.34. The molecule has 2 aliphatic rings. The summed E-state index contributed by atoms with van der Waals surface area (Å²) in [7, 11) is 1.65. The van der Waals surface area contributed by atoms with Crippen LogP contribution in [0.2, 0.25) is 0 Å². The second-order valence-corrected chi connectivity index (χ2v) is 6.78. The molecule has 2 aromatic rings. The number of fused-ring (bicyclic) bond motifs is 1. The van der Waals surface area contributed by atoms with Gasteiger partial charge in [-0.2, -0.15) is 0 Å². The van der Waals surface area contributed by atoms with Gasteiger partial charge in [-0.15, -0.1) is 0 Å². The molecule has 1 aromatic carbocycles. The molecule has 2 fully saturated rings.